The van der Waals surface area contributed by atoms with Gasteiger partial charge < -0.3 is 98.6 Å². The molecule has 25 N–H and O–H groups in total. The van der Waals surface area contributed by atoms with Crippen LogP contribution in [-0.2, 0) is 28.4 Å². The molecule has 0 aromatic carbocycles. The maximum absolute atomic E-state index is 11.2. The van der Waals surface area contributed by atoms with Gasteiger partial charge in [-0.15, -0.1) is 0 Å². The number of aliphatic hydroxyl groups is 7. The Morgan fingerprint density at radius 2 is 0.976 bits per heavy atom. The summed E-state index contributed by atoms with van der Waals surface area (Å²) >= 11 is 0. The van der Waals surface area contributed by atoms with Gasteiger partial charge in [-0.05, 0) is 0 Å². The largest absolute Gasteiger partial charge is 0.394 e. The third-order valence-corrected chi connectivity index (χ3v) is 8.78. The second-order valence-electron chi connectivity index (χ2n) is 11.7. The molecule has 3 heterocycles. The summed E-state index contributed by atoms with van der Waals surface area (Å²) in [6, 6.07) is -2.83. The van der Waals surface area contributed by atoms with Crippen LogP contribution < -0.4 is 34.4 Å². The van der Waals surface area contributed by atoms with E-state index in [-0.39, 0.29) is 13.1 Å². The average Bonchev–Trinajstić information content (AvgIpc) is 3.27. The van der Waals surface area contributed by atoms with Crippen molar-refractivity contribution in [3.63, 3.8) is 0 Å². The molecule has 0 bridgehead atoms. The topological polar surface area (TPSA) is 363 Å². The molecule has 0 unspecified atom stereocenters. The van der Waals surface area contributed by atoms with Crippen LogP contribution in [0.2, 0.25) is 0 Å². The first-order chi connectivity index (χ1) is 19.8. The zero-order valence-electron chi connectivity index (χ0n) is 23.6. The molecule has 42 heavy (non-hydrogen) atoms. The van der Waals surface area contributed by atoms with Crippen molar-refractivity contribution in [3.8, 4) is 0 Å². The Balaban J connectivity index is 1.50. The fraction of sp³-hybridized carbons (Fsp3) is 1.00. The highest BCUT2D eigenvalue weighted by atomic mass is 16.8. The Morgan fingerprint density at radius 1 is 0.524 bits per heavy atom. The van der Waals surface area contributed by atoms with Crippen LogP contribution in [0.15, 0.2) is 0 Å². The lowest BCUT2D eigenvalue weighted by Crippen LogP contribution is -2.84. The first-order valence-electron chi connectivity index (χ1n) is 14.4. The van der Waals surface area contributed by atoms with E-state index >= 15 is 0 Å². The van der Waals surface area contributed by atoms with Gasteiger partial charge >= 0.3 is 0 Å². The quantitative estimate of drug-likeness (QED) is 0.114. The minimum atomic E-state index is -1.50. The molecule has 4 fully saturated rings. The fourth-order valence-electron chi connectivity index (χ4n) is 6.06. The molecule has 1 aliphatic carbocycles. The van der Waals surface area contributed by atoms with Crippen LogP contribution in [0.4, 0.5) is 0 Å². The van der Waals surface area contributed by atoms with Crippen molar-refractivity contribution >= 4 is 0 Å². The van der Waals surface area contributed by atoms with E-state index in [2.05, 4.69) is 34.4 Å². The average molecular weight is 621 g/mol. The van der Waals surface area contributed by atoms with E-state index in [1.807, 2.05) is 0 Å². The normalized spacial score (nSPS) is 53.8. The summed E-state index contributed by atoms with van der Waals surface area (Å²) in [6.45, 7) is -0.286. The van der Waals surface area contributed by atoms with Crippen LogP contribution in [0.1, 0.15) is 6.42 Å². The van der Waals surface area contributed by atoms with Gasteiger partial charge in [-0.25, -0.2) is 0 Å². The number of quaternary nitrogens is 6. The van der Waals surface area contributed by atoms with Gasteiger partial charge in [-0.2, -0.15) is 0 Å². The van der Waals surface area contributed by atoms with Crippen LogP contribution in [0, 0.1) is 0 Å². The van der Waals surface area contributed by atoms with Gasteiger partial charge in [-0.1, -0.05) is 0 Å². The molecule has 3 saturated heterocycles. The molecule has 19 heteroatoms. The molecule has 3 aliphatic heterocycles. The van der Waals surface area contributed by atoms with Gasteiger partial charge in [0.25, 0.3) is 0 Å². The van der Waals surface area contributed by atoms with E-state index < -0.39 is 123 Å². The highest BCUT2D eigenvalue weighted by Crippen LogP contribution is 2.33. The van der Waals surface area contributed by atoms with Crippen molar-refractivity contribution in [1.82, 2.24) is 0 Å². The smallest absolute Gasteiger partial charge is 0.214 e. The molecule has 0 aromatic rings. The summed E-state index contributed by atoms with van der Waals surface area (Å²) < 4.78 is 35.5. The number of hydrogen-bond acceptors (Lipinski definition) is 13. The van der Waals surface area contributed by atoms with Crippen molar-refractivity contribution in [2.24, 2.45) is 0 Å². The van der Waals surface area contributed by atoms with Crippen LogP contribution in [0.25, 0.3) is 0 Å². The minimum Gasteiger partial charge on any atom is -0.394 e. The van der Waals surface area contributed by atoms with E-state index in [0.717, 1.165) is 0 Å². The Bertz CT molecular complexity index is 868. The van der Waals surface area contributed by atoms with Gasteiger partial charge in [-0.3, -0.25) is 0 Å². The number of ether oxygens (including phenoxy) is 6. The predicted octanol–water partition coefficient (Wildman–Crippen LogP) is -13.2. The van der Waals surface area contributed by atoms with E-state index in [1.165, 1.54) is 0 Å². The molecular formula is C23H52N6O13+6. The molecule has 0 spiro atoms. The van der Waals surface area contributed by atoms with Crippen molar-refractivity contribution in [3.05, 3.63) is 0 Å². The molecule has 19 atom stereocenters. The maximum Gasteiger partial charge on any atom is 0.214 e. The van der Waals surface area contributed by atoms with Gasteiger partial charge in [0.1, 0.15) is 98.4 Å². The molecule has 0 aromatic heterocycles. The SMILES string of the molecule is [NH3+]C[C@H]1O[C@H](O[C@H]2[C@H](O[C@@H]3O[C@H](CO)[C@@H](O[C@H]4O[C@H](C[NH3+])[C@@H](O)[C@H](O)[C@H]4[NH3+])[C@H]3O)[C@@H](O)[C@H]([NH3+])C[C@@H]2[NH3+])[C@H]([NH3+])[C@@H](O)[C@@H]1O. The van der Waals surface area contributed by atoms with Gasteiger partial charge in [0.05, 0.1) is 13.0 Å². The molecule has 246 valence electrons. The molecule has 0 radical (unpaired) electrons. The Kier molecular flexibility index (Phi) is 11.5. The first kappa shape index (κ1) is 34.1. The molecule has 0 amide bonds. The fourth-order valence-corrected chi connectivity index (χ4v) is 6.06. The molecule has 4 rings (SSSR count). The lowest BCUT2D eigenvalue weighted by atomic mass is 9.84. The van der Waals surface area contributed by atoms with E-state index in [1.54, 1.807) is 0 Å². The highest BCUT2D eigenvalue weighted by Gasteiger charge is 2.56. The zero-order valence-corrected chi connectivity index (χ0v) is 23.6. The third-order valence-electron chi connectivity index (χ3n) is 8.78. The predicted molar refractivity (Wildman–Crippen MR) is 131 cm³/mol. The molecule has 19 nitrogen and oxygen atoms in total. The third kappa shape index (κ3) is 6.60. The monoisotopic (exact) mass is 620 g/mol. The van der Waals surface area contributed by atoms with Crippen LogP contribution in [-0.4, -0.2) is 172 Å². The van der Waals surface area contributed by atoms with Crippen molar-refractivity contribution in [1.29, 1.82) is 0 Å². The van der Waals surface area contributed by atoms with E-state index in [9.17, 15) is 35.7 Å². The Labute approximate surface area is 241 Å². The summed E-state index contributed by atoms with van der Waals surface area (Å²) in [5, 5.41) is 73.7. The summed E-state index contributed by atoms with van der Waals surface area (Å²) in [5.41, 5.74) is 23.3. The van der Waals surface area contributed by atoms with Gasteiger partial charge in [0.15, 0.2) is 18.4 Å². The summed E-state index contributed by atoms with van der Waals surface area (Å²) in [4.78, 5) is 0. The molecule has 4 aliphatic rings. The minimum absolute atomic E-state index is 0.132. The molecular weight excluding hydrogens is 568 g/mol. The van der Waals surface area contributed by atoms with E-state index in [4.69, 9.17) is 28.4 Å². The summed E-state index contributed by atoms with van der Waals surface area (Å²) in [5.74, 6) is 0. The highest BCUT2D eigenvalue weighted by molar-refractivity contribution is 4.98. The lowest BCUT2D eigenvalue weighted by molar-refractivity contribution is -0.537. The lowest BCUT2D eigenvalue weighted by Gasteiger charge is -2.44. The number of rotatable bonds is 9. The standard InChI is InChI=1S/C23H46N6O13/c24-2-7-13(32)15(34)10(28)21(37-7)40-18-6(27)1-5(26)12(31)20(18)42-23-17(36)19(9(4-30)39-23)41-22-11(29)16(35)14(33)8(3-25)38-22/h5-23,30-36H,1-4,24-29H2/p+6/t5-,6+,7-,8-,9-,10-,11-,12+,13-,14-,15-,16-,17-,18-,19-,20-,21-,22-,23+/m1/s1. The van der Waals surface area contributed by atoms with Crippen LogP contribution >= 0.6 is 0 Å². The van der Waals surface area contributed by atoms with Gasteiger partial charge in [0, 0.05) is 0 Å². The van der Waals surface area contributed by atoms with Crippen molar-refractivity contribution in [2.75, 3.05) is 19.7 Å². The van der Waals surface area contributed by atoms with Gasteiger partial charge in [0.2, 0.25) is 12.6 Å². The Morgan fingerprint density at radius 3 is 1.45 bits per heavy atom. The van der Waals surface area contributed by atoms with Crippen molar-refractivity contribution in [2.45, 2.75) is 123 Å². The van der Waals surface area contributed by atoms with E-state index in [0.29, 0.717) is 6.42 Å². The van der Waals surface area contributed by atoms with Crippen LogP contribution in [0.3, 0.4) is 0 Å². The zero-order chi connectivity index (χ0) is 31.0. The summed E-state index contributed by atoms with van der Waals surface area (Å²) in [7, 11) is 0. The maximum atomic E-state index is 11.2. The Hall–Kier alpha value is -0.760. The second-order valence-corrected chi connectivity index (χ2v) is 11.7. The summed E-state index contributed by atoms with van der Waals surface area (Å²) in [6.07, 6.45) is -17.0. The van der Waals surface area contributed by atoms with Crippen molar-refractivity contribution < 1.29 is 98.6 Å². The van der Waals surface area contributed by atoms with Crippen LogP contribution in [0.5, 0.6) is 0 Å². The first-order valence-corrected chi connectivity index (χ1v) is 14.4. The second kappa shape index (κ2) is 14.1. The number of aliphatic hydroxyl groups excluding tert-OH is 7. The molecule has 1 saturated carbocycles. The number of hydrogen-bond donors (Lipinski definition) is 13.